The van der Waals surface area contributed by atoms with Crippen LogP contribution in [0.15, 0.2) is 41.3 Å². The summed E-state index contributed by atoms with van der Waals surface area (Å²) in [6.07, 6.45) is -1.83. The van der Waals surface area contributed by atoms with Crippen molar-refractivity contribution >= 4 is 35.2 Å². The first-order valence-electron chi connectivity index (χ1n) is 10.7. The lowest BCUT2D eigenvalue weighted by Gasteiger charge is -2.31. The van der Waals surface area contributed by atoms with E-state index in [1.54, 1.807) is 4.90 Å². The Morgan fingerprint density at radius 1 is 1.22 bits per heavy atom. The van der Waals surface area contributed by atoms with Crippen molar-refractivity contribution in [1.29, 1.82) is 5.41 Å². The summed E-state index contributed by atoms with van der Waals surface area (Å²) in [5, 5.41) is 18.2. The average Bonchev–Trinajstić information content (AvgIpc) is 2.83. The van der Waals surface area contributed by atoms with E-state index >= 15 is 0 Å². The monoisotopic (exact) mass is 523 g/mol. The highest BCUT2D eigenvalue weighted by molar-refractivity contribution is 8.17. The van der Waals surface area contributed by atoms with Gasteiger partial charge in [-0.15, -0.1) is 0 Å². The number of piperidine rings is 1. The molecule has 0 aromatic heterocycles. The number of aldehydes is 1. The molecule has 0 radical (unpaired) electrons. The molecule has 2 aromatic carbocycles. The normalized spacial score (nSPS) is 16.4. The Labute approximate surface area is 209 Å². The molecule has 1 aliphatic rings. The summed E-state index contributed by atoms with van der Waals surface area (Å²) in [6, 6.07) is 7.11. The average molecular weight is 524 g/mol. The van der Waals surface area contributed by atoms with Gasteiger partial charge in [-0.05, 0) is 66.6 Å². The Morgan fingerprint density at radius 3 is 2.56 bits per heavy atom. The molecule has 192 valence electrons. The molecule has 0 bridgehead atoms. The van der Waals surface area contributed by atoms with Gasteiger partial charge in [-0.1, -0.05) is 6.07 Å². The molecule has 1 heterocycles. The number of primary amides is 1. The number of nitrogens with two attached hydrogens (primary N) is 1. The molecule has 1 amide bonds. The lowest BCUT2D eigenvalue weighted by atomic mass is 10.1. The Hall–Kier alpha value is -3.51. The number of ether oxygens (including phenoxy) is 2. The summed E-state index contributed by atoms with van der Waals surface area (Å²) in [4.78, 5) is 24.8. The zero-order valence-corrected chi connectivity index (χ0v) is 20.0. The van der Waals surface area contributed by atoms with Crippen LogP contribution in [0, 0.1) is 5.41 Å². The highest BCUT2D eigenvalue weighted by Crippen LogP contribution is 2.41. The second-order valence-corrected chi connectivity index (χ2v) is 8.96. The molecule has 0 spiro atoms. The molecule has 8 nitrogen and oxygen atoms in total. The van der Waals surface area contributed by atoms with Crippen LogP contribution in [0.2, 0.25) is 0 Å². The Balaban J connectivity index is 1.84. The molecular weight excluding hydrogens is 499 g/mol. The predicted molar refractivity (Wildman–Crippen MR) is 129 cm³/mol. The van der Waals surface area contributed by atoms with E-state index in [0.29, 0.717) is 37.4 Å². The minimum Gasteiger partial charge on any atom is -0.493 e. The van der Waals surface area contributed by atoms with Crippen molar-refractivity contribution in [2.24, 2.45) is 5.73 Å². The number of nitrogens with one attached hydrogen (secondary N) is 1. The number of carbonyl (C=O) groups is 2. The second kappa shape index (κ2) is 11.5. The number of benzene rings is 2. The minimum absolute atomic E-state index is 0.0256. The number of rotatable bonds is 7. The van der Waals surface area contributed by atoms with Gasteiger partial charge in [-0.2, -0.15) is 13.2 Å². The molecule has 4 N–H and O–H groups in total. The highest BCUT2D eigenvalue weighted by atomic mass is 32.2. The van der Waals surface area contributed by atoms with Crippen LogP contribution in [0.3, 0.4) is 0 Å². The molecular formula is C24H24F3N3O5S. The zero-order chi connectivity index (χ0) is 26.5. The predicted octanol–water partition coefficient (Wildman–Crippen LogP) is 4.27. The number of alkyl halides is 3. The van der Waals surface area contributed by atoms with Gasteiger partial charge in [0, 0.05) is 18.7 Å². The molecule has 1 aliphatic heterocycles. The molecule has 1 saturated heterocycles. The van der Waals surface area contributed by atoms with Gasteiger partial charge in [0.15, 0.2) is 23.0 Å². The van der Waals surface area contributed by atoms with E-state index in [2.05, 4.69) is 0 Å². The first-order chi connectivity index (χ1) is 17.0. The molecule has 2 aromatic rings. The third-order valence-corrected chi connectivity index (χ3v) is 6.20. The first kappa shape index (κ1) is 27.1. The van der Waals surface area contributed by atoms with Crippen LogP contribution >= 0.6 is 11.8 Å². The zero-order valence-electron chi connectivity index (χ0n) is 19.2. The number of amidine groups is 1. The second-order valence-electron chi connectivity index (χ2n) is 7.90. The maximum Gasteiger partial charge on any atom is 0.420 e. The van der Waals surface area contributed by atoms with E-state index in [-0.39, 0.29) is 27.1 Å². The third kappa shape index (κ3) is 6.79. The highest BCUT2D eigenvalue weighted by Gasteiger charge is 2.35. The lowest BCUT2D eigenvalue weighted by Crippen LogP contribution is -2.40. The SMILES string of the molecule is COc1cc(/C=C(/C=O)SC(=N)N2CCCC(O)C2)ccc1Oc1ccc(C(N)=O)cc1C(F)(F)F. The molecule has 1 unspecified atom stereocenters. The van der Waals surface area contributed by atoms with Gasteiger partial charge in [-0.3, -0.25) is 15.0 Å². The summed E-state index contributed by atoms with van der Waals surface area (Å²) in [5.74, 6) is -1.48. The summed E-state index contributed by atoms with van der Waals surface area (Å²) in [7, 11) is 1.31. The number of thioether (sulfide) groups is 1. The van der Waals surface area contributed by atoms with Crippen molar-refractivity contribution in [2.45, 2.75) is 25.1 Å². The number of β-amino-alcohol motifs (C(OH)–C–C–N with tert-alkyl or cyclic N) is 1. The van der Waals surface area contributed by atoms with Crippen LogP contribution in [0.4, 0.5) is 13.2 Å². The number of likely N-dealkylation sites (tertiary alicyclic amines) is 1. The van der Waals surface area contributed by atoms with Crippen molar-refractivity contribution in [3.63, 3.8) is 0 Å². The van der Waals surface area contributed by atoms with Crippen LogP contribution in [-0.4, -0.2) is 53.7 Å². The third-order valence-electron chi connectivity index (χ3n) is 5.30. The minimum atomic E-state index is -4.80. The van der Waals surface area contributed by atoms with E-state index in [1.807, 2.05) is 0 Å². The number of halogens is 3. The number of aliphatic hydroxyl groups is 1. The number of aliphatic hydroxyl groups excluding tert-OH is 1. The largest absolute Gasteiger partial charge is 0.493 e. The molecule has 3 rings (SSSR count). The van der Waals surface area contributed by atoms with Gasteiger partial charge in [-0.25, -0.2) is 0 Å². The molecule has 12 heteroatoms. The summed E-state index contributed by atoms with van der Waals surface area (Å²) in [6.45, 7) is 0.924. The Morgan fingerprint density at radius 2 is 1.94 bits per heavy atom. The van der Waals surface area contributed by atoms with Gasteiger partial charge in [0.2, 0.25) is 5.91 Å². The summed E-state index contributed by atoms with van der Waals surface area (Å²) < 4.78 is 51.4. The lowest BCUT2D eigenvalue weighted by molar-refractivity contribution is -0.138. The van der Waals surface area contributed by atoms with Gasteiger partial charge < -0.3 is 25.2 Å². The fourth-order valence-electron chi connectivity index (χ4n) is 3.54. The fraction of sp³-hybridized carbons (Fsp3) is 0.292. The number of methoxy groups -OCH3 is 1. The number of nitrogens with zero attached hydrogens (tertiary/aromatic N) is 1. The van der Waals surface area contributed by atoms with Crippen molar-refractivity contribution in [1.82, 2.24) is 4.90 Å². The van der Waals surface area contributed by atoms with E-state index in [0.717, 1.165) is 30.3 Å². The smallest absolute Gasteiger partial charge is 0.420 e. The van der Waals surface area contributed by atoms with Gasteiger partial charge in [0.25, 0.3) is 0 Å². The van der Waals surface area contributed by atoms with Crippen LogP contribution in [-0.2, 0) is 11.0 Å². The molecule has 1 atom stereocenters. The quantitative estimate of drug-likeness (QED) is 0.214. The maximum absolute atomic E-state index is 13.5. The van der Waals surface area contributed by atoms with E-state index in [4.69, 9.17) is 20.6 Å². The maximum atomic E-state index is 13.5. The van der Waals surface area contributed by atoms with Gasteiger partial charge >= 0.3 is 6.18 Å². The van der Waals surface area contributed by atoms with Crippen LogP contribution in [0.1, 0.15) is 34.3 Å². The Bertz CT molecular complexity index is 1190. The van der Waals surface area contributed by atoms with Crippen LogP contribution < -0.4 is 15.2 Å². The van der Waals surface area contributed by atoms with Crippen molar-refractivity contribution in [2.75, 3.05) is 20.2 Å². The van der Waals surface area contributed by atoms with Crippen molar-refractivity contribution in [3.05, 3.63) is 58.0 Å². The standard InChI is InChI=1S/C24H24F3N3O5S/c1-34-21-10-14(9-17(13-31)36-23(29)30-8-2-3-16(32)12-30)4-6-20(21)35-19-7-5-15(22(28)33)11-18(19)24(25,26)27/h4-7,9-11,13,16,29,32H,2-3,8,12H2,1H3,(H2,28,33)/b17-9-,29-23?. The molecule has 0 aliphatic carbocycles. The number of hydrogen-bond acceptors (Lipinski definition) is 7. The summed E-state index contributed by atoms with van der Waals surface area (Å²) in [5.41, 5.74) is 4.09. The number of hydrogen-bond donors (Lipinski definition) is 3. The van der Waals surface area contributed by atoms with E-state index in [1.165, 1.54) is 31.4 Å². The van der Waals surface area contributed by atoms with Gasteiger partial charge in [0.05, 0.1) is 23.7 Å². The molecule has 0 saturated carbocycles. The number of carbonyl (C=O) groups excluding carboxylic acids is 2. The van der Waals surface area contributed by atoms with Crippen LogP contribution in [0.5, 0.6) is 17.2 Å². The molecule has 1 fully saturated rings. The van der Waals surface area contributed by atoms with Gasteiger partial charge in [0.1, 0.15) is 5.75 Å². The number of amides is 1. The number of allylic oxidation sites excluding steroid dienone is 1. The Kier molecular flexibility index (Phi) is 8.64. The topological polar surface area (TPSA) is 126 Å². The fourth-order valence-corrected chi connectivity index (χ4v) is 4.30. The summed E-state index contributed by atoms with van der Waals surface area (Å²) >= 11 is 0.933. The molecule has 36 heavy (non-hydrogen) atoms. The van der Waals surface area contributed by atoms with E-state index in [9.17, 15) is 27.9 Å². The van der Waals surface area contributed by atoms with E-state index < -0.39 is 29.5 Å². The first-order valence-corrected chi connectivity index (χ1v) is 11.6. The van der Waals surface area contributed by atoms with Crippen molar-refractivity contribution in [3.8, 4) is 17.2 Å². The van der Waals surface area contributed by atoms with Crippen molar-refractivity contribution < 1.29 is 37.3 Å². The van der Waals surface area contributed by atoms with Crippen LogP contribution in [0.25, 0.3) is 6.08 Å².